The number of nitrogens with zero attached hydrogens (tertiary/aromatic N) is 3. The number of aryl methyl sites for hydroxylation is 1. The number of nitrogens with one attached hydrogen (secondary N) is 1. The first-order valence-electron chi connectivity index (χ1n) is 8.40. The molecule has 0 bridgehead atoms. The molecule has 1 aliphatic rings. The Morgan fingerprint density at radius 3 is 2.76 bits per heavy atom. The van der Waals surface area contributed by atoms with Crippen LogP contribution >= 0.6 is 0 Å². The zero-order chi connectivity index (χ0) is 17.9. The maximum Gasteiger partial charge on any atom is 0.262 e. The lowest BCUT2D eigenvalue weighted by molar-refractivity contribution is -0.116. The van der Waals surface area contributed by atoms with Gasteiger partial charge < -0.3 is 9.88 Å². The van der Waals surface area contributed by atoms with Crippen LogP contribution in [-0.2, 0) is 27.8 Å². The molecule has 7 nitrogen and oxygen atoms in total. The summed E-state index contributed by atoms with van der Waals surface area (Å²) < 4.78 is 27.8. The molecule has 0 aliphatic carbocycles. The zero-order valence-electron chi connectivity index (χ0n) is 14.2. The molecule has 134 valence electrons. The first kappa shape index (κ1) is 17.6. The highest BCUT2D eigenvalue weighted by Crippen LogP contribution is 2.19. The first-order valence-corrected chi connectivity index (χ1v) is 9.84. The summed E-state index contributed by atoms with van der Waals surface area (Å²) in [6.07, 6.45) is 5.43. The number of sulfonamides is 1. The van der Waals surface area contributed by atoms with Gasteiger partial charge in [-0.2, -0.15) is 4.31 Å². The number of benzene rings is 1. The maximum absolute atomic E-state index is 12.4. The topological polar surface area (TPSA) is 84.3 Å². The summed E-state index contributed by atoms with van der Waals surface area (Å²) in [6, 6.07) is 7.65. The fourth-order valence-corrected chi connectivity index (χ4v) is 4.31. The molecule has 2 heterocycles. The van der Waals surface area contributed by atoms with Crippen molar-refractivity contribution in [2.75, 3.05) is 18.4 Å². The molecule has 25 heavy (non-hydrogen) atoms. The summed E-state index contributed by atoms with van der Waals surface area (Å²) in [7, 11) is -3.55. The second kappa shape index (κ2) is 7.37. The highest BCUT2D eigenvalue weighted by Gasteiger charge is 2.29. The van der Waals surface area contributed by atoms with Gasteiger partial charge in [0.15, 0.2) is 5.03 Å². The Morgan fingerprint density at radius 1 is 1.28 bits per heavy atom. The van der Waals surface area contributed by atoms with E-state index in [4.69, 9.17) is 0 Å². The van der Waals surface area contributed by atoms with Gasteiger partial charge in [-0.1, -0.05) is 19.1 Å². The van der Waals surface area contributed by atoms with E-state index < -0.39 is 10.0 Å². The summed E-state index contributed by atoms with van der Waals surface area (Å²) >= 11 is 0. The molecule has 0 radical (unpaired) electrons. The number of hydrogen-bond acceptors (Lipinski definition) is 4. The van der Waals surface area contributed by atoms with Crippen molar-refractivity contribution in [3.63, 3.8) is 0 Å². The van der Waals surface area contributed by atoms with Gasteiger partial charge in [-0.15, -0.1) is 0 Å². The smallest absolute Gasteiger partial charge is 0.262 e. The van der Waals surface area contributed by atoms with Gasteiger partial charge in [-0.3, -0.25) is 4.79 Å². The van der Waals surface area contributed by atoms with Crippen molar-refractivity contribution in [1.29, 1.82) is 0 Å². The molecule has 1 aliphatic heterocycles. The second-order valence-corrected chi connectivity index (χ2v) is 7.98. The van der Waals surface area contributed by atoms with Gasteiger partial charge in [-0.05, 0) is 37.0 Å². The Labute approximate surface area is 147 Å². The standard InChI is InChI=1S/C17H22N4O3S/c1-2-14-6-5-7-15(10-14)19-16(22)11-20-12-17(18-13-20)25(23,24)21-8-3-4-9-21/h5-7,10,12-13H,2-4,8-9,11H2,1H3,(H,19,22). The van der Waals surface area contributed by atoms with E-state index in [-0.39, 0.29) is 17.5 Å². The molecule has 1 aromatic carbocycles. The number of carbonyl (C=O) groups excluding carboxylic acids is 1. The molecule has 1 amide bonds. The van der Waals surface area contributed by atoms with Crippen molar-refractivity contribution in [2.45, 2.75) is 37.8 Å². The molecular formula is C17H22N4O3S. The predicted molar refractivity (Wildman–Crippen MR) is 94.7 cm³/mol. The molecule has 1 fully saturated rings. The number of anilines is 1. The van der Waals surface area contributed by atoms with Gasteiger partial charge >= 0.3 is 0 Å². The number of imidazole rings is 1. The fraction of sp³-hybridized carbons (Fsp3) is 0.412. The maximum atomic E-state index is 12.4. The number of carbonyl (C=O) groups is 1. The third-order valence-corrected chi connectivity index (χ3v) is 6.01. The van der Waals surface area contributed by atoms with Crippen LogP contribution in [0, 0.1) is 0 Å². The third kappa shape index (κ3) is 4.08. The van der Waals surface area contributed by atoms with Crippen molar-refractivity contribution >= 4 is 21.6 Å². The predicted octanol–water partition coefficient (Wildman–Crippen LogP) is 1.87. The molecule has 0 saturated carbocycles. The quantitative estimate of drug-likeness (QED) is 0.850. The highest BCUT2D eigenvalue weighted by atomic mass is 32.2. The minimum Gasteiger partial charge on any atom is -0.327 e. The van der Waals surface area contributed by atoms with Crippen LogP contribution in [0.4, 0.5) is 5.69 Å². The van der Waals surface area contributed by atoms with Gasteiger partial charge in [0.2, 0.25) is 5.91 Å². The van der Waals surface area contributed by atoms with Crippen LogP contribution in [0.5, 0.6) is 0 Å². The largest absolute Gasteiger partial charge is 0.327 e. The average Bonchev–Trinajstić information content (AvgIpc) is 3.27. The summed E-state index contributed by atoms with van der Waals surface area (Å²) in [6.45, 7) is 3.13. The Morgan fingerprint density at radius 2 is 2.04 bits per heavy atom. The van der Waals surface area contributed by atoms with Crippen molar-refractivity contribution in [1.82, 2.24) is 13.9 Å². The fourth-order valence-electron chi connectivity index (χ4n) is 2.86. The third-order valence-electron chi connectivity index (χ3n) is 4.22. The number of amides is 1. The molecule has 0 atom stereocenters. The van der Waals surface area contributed by atoms with E-state index >= 15 is 0 Å². The van der Waals surface area contributed by atoms with E-state index in [1.165, 1.54) is 21.4 Å². The summed E-state index contributed by atoms with van der Waals surface area (Å²) in [5, 5.41) is 2.82. The Kier molecular flexibility index (Phi) is 5.19. The molecule has 1 saturated heterocycles. The van der Waals surface area contributed by atoms with Crippen LogP contribution in [0.2, 0.25) is 0 Å². The highest BCUT2D eigenvalue weighted by molar-refractivity contribution is 7.89. The summed E-state index contributed by atoms with van der Waals surface area (Å²) in [4.78, 5) is 16.2. The van der Waals surface area contributed by atoms with Crippen LogP contribution in [-0.4, -0.2) is 41.3 Å². The van der Waals surface area contributed by atoms with Crippen molar-refractivity contribution in [3.8, 4) is 0 Å². The molecule has 2 aromatic rings. The van der Waals surface area contributed by atoms with Gasteiger partial charge in [-0.25, -0.2) is 13.4 Å². The zero-order valence-corrected chi connectivity index (χ0v) is 15.0. The van der Waals surface area contributed by atoms with Gasteiger partial charge in [0.25, 0.3) is 10.0 Å². The lowest BCUT2D eigenvalue weighted by Gasteiger charge is -2.12. The van der Waals surface area contributed by atoms with Crippen molar-refractivity contribution < 1.29 is 13.2 Å². The summed E-state index contributed by atoms with van der Waals surface area (Å²) in [5.74, 6) is -0.226. The molecule has 0 unspecified atom stereocenters. The SMILES string of the molecule is CCc1cccc(NC(=O)Cn2cnc(S(=O)(=O)N3CCCC3)c2)c1. The van der Waals surface area contributed by atoms with Gasteiger partial charge in [0.05, 0.1) is 6.33 Å². The average molecular weight is 362 g/mol. The number of hydrogen-bond donors (Lipinski definition) is 1. The Hall–Kier alpha value is -2.19. The van der Waals surface area contributed by atoms with Crippen LogP contribution < -0.4 is 5.32 Å². The first-order chi connectivity index (χ1) is 12.0. The molecule has 1 aromatic heterocycles. The van der Waals surface area contributed by atoms with Crippen molar-refractivity contribution in [3.05, 3.63) is 42.4 Å². The van der Waals surface area contributed by atoms with E-state index in [0.29, 0.717) is 13.1 Å². The lowest BCUT2D eigenvalue weighted by atomic mass is 10.1. The van der Waals surface area contributed by atoms with E-state index in [9.17, 15) is 13.2 Å². The Balaban J connectivity index is 1.65. The van der Waals surface area contributed by atoms with Gasteiger partial charge in [0.1, 0.15) is 6.54 Å². The van der Waals surface area contributed by atoms with E-state index in [1.54, 1.807) is 0 Å². The monoisotopic (exact) mass is 362 g/mol. The van der Waals surface area contributed by atoms with Crippen LogP contribution in [0.25, 0.3) is 0 Å². The van der Waals surface area contributed by atoms with Gasteiger partial charge in [0, 0.05) is 25.0 Å². The second-order valence-electron chi connectivity index (χ2n) is 6.10. The molecule has 3 rings (SSSR count). The van der Waals surface area contributed by atoms with E-state index in [1.807, 2.05) is 24.3 Å². The minimum absolute atomic E-state index is 0.00446. The van der Waals surface area contributed by atoms with Crippen LogP contribution in [0.15, 0.2) is 41.8 Å². The van der Waals surface area contributed by atoms with Crippen LogP contribution in [0.1, 0.15) is 25.3 Å². The molecule has 1 N–H and O–H groups in total. The van der Waals surface area contributed by atoms with Crippen LogP contribution in [0.3, 0.4) is 0 Å². The van der Waals surface area contributed by atoms with Crippen molar-refractivity contribution in [2.24, 2.45) is 0 Å². The Bertz CT molecular complexity index is 854. The lowest BCUT2D eigenvalue weighted by Crippen LogP contribution is -2.28. The molecule has 8 heteroatoms. The molecular weight excluding hydrogens is 340 g/mol. The summed E-state index contributed by atoms with van der Waals surface area (Å²) in [5.41, 5.74) is 1.87. The normalized spacial score (nSPS) is 15.4. The number of aromatic nitrogens is 2. The minimum atomic E-state index is -3.55. The van der Waals surface area contributed by atoms with E-state index in [2.05, 4.69) is 17.2 Å². The number of rotatable bonds is 6. The molecule has 0 spiro atoms. The van der Waals surface area contributed by atoms with E-state index in [0.717, 1.165) is 30.5 Å².